The van der Waals surface area contributed by atoms with Gasteiger partial charge in [-0.15, -0.1) is 0 Å². The molecular formula is C23H29FN4O2. The molecule has 4 rings (SSSR count). The zero-order valence-corrected chi connectivity index (χ0v) is 17.4. The molecule has 7 heteroatoms. The Kier molecular flexibility index (Phi) is 6.27. The van der Waals surface area contributed by atoms with Crippen molar-refractivity contribution in [3.63, 3.8) is 0 Å². The Bertz CT molecular complexity index is 935. The van der Waals surface area contributed by atoms with Crippen molar-refractivity contribution < 1.29 is 9.18 Å². The normalized spacial score (nSPS) is 21.6. The van der Waals surface area contributed by atoms with Crippen molar-refractivity contribution in [1.29, 1.82) is 0 Å². The Morgan fingerprint density at radius 2 is 2.00 bits per heavy atom. The lowest BCUT2D eigenvalue weighted by atomic mass is 9.93. The van der Waals surface area contributed by atoms with Gasteiger partial charge in [0.15, 0.2) is 5.82 Å². The standard InChI is InChI=1S/C23H29FN4O2/c1-15(29)16-8-11-28(12-9-16)22-23(30)26-14-19(27-22)3-2-10-25-21-13-20(21)17-4-6-18(24)7-5-17/h4-7,14,16,20-21,25H,2-3,8-13H2,1H3,(H,26,30)/t20-,21+/m0/s1. The molecule has 160 valence electrons. The molecule has 1 aromatic carbocycles. The number of carbonyl (C=O) groups excluding carboxylic acids is 1. The van der Waals surface area contributed by atoms with Gasteiger partial charge in [-0.2, -0.15) is 0 Å². The molecule has 0 unspecified atom stereocenters. The minimum atomic E-state index is -0.195. The van der Waals surface area contributed by atoms with Crippen molar-refractivity contribution in [2.24, 2.45) is 5.92 Å². The van der Waals surface area contributed by atoms with Crippen molar-refractivity contribution in [3.8, 4) is 0 Å². The predicted molar refractivity (Wildman–Crippen MR) is 114 cm³/mol. The summed E-state index contributed by atoms with van der Waals surface area (Å²) in [6.45, 7) is 3.90. The number of rotatable bonds is 8. The maximum absolute atomic E-state index is 13.0. The molecule has 0 amide bonds. The first-order chi connectivity index (χ1) is 14.5. The monoisotopic (exact) mass is 412 g/mol. The minimum absolute atomic E-state index is 0.107. The summed E-state index contributed by atoms with van der Waals surface area (Å²) in [6, 6.07) is 7.23. The number of nitrogens with zero attached hydrogens (tertiary/aromatic N) is 2. The lowest BCUT2D eigenvalue weighted by Gasteiger charge is -2.31. The van der Waals surface area contributed by atoms with Crippen LogP contribution in [0.4, 0.5) is 10.2 Å². The van der Waals surface area contributed by atoms with E-state index < -0.39 is 0 Å². The molecule has 2 N–H and O–H groups in total. The third kappa shape index (κ3) is 4.95. The van der Waals surface area contributed by atoms with Crippen LogP contribution in [0, 0.1) is 11.7 Å². The Hall–Kier alpha value is -2.54. The Balaban J connectivity index is 1.24. The molecule has 2 aromatic rings. The van der Waals surface area contributed by atoms with Crippen LogP contribution < -0.4 is 15.8 Å². The predicted octanol–water partition coefficient (Wildman–Crippen LogP) is 2.79. The van der Waals surface area contributed by atoms with E-state index in [9.17, 15) is 14.0 Å². The van der Waals surface area contributed by atoms with Crippen molar-refractivity contribution in [2.75, 3.05) is 24.5 Å². The molecular weight excluding hydrogens is 383 g/mol. The zero-order valence-electron chi connectivity index (χ0n) is 17.4. The number of aryl methyl sites for hydroxylation is 1. The van der Waals surface area contributed by atoms with Gasteiger partial charge in [-0.05, 0) is 63.3 Å². The molecule has 2 atom stereocenters. The highest BCUT2D eigenvalue weighted by Crippen LogP contribution is 2.40. The van der Waals surface area contributed by atoms with E-state index in [-0.39, 0.29) is 23.1 Å². The number of benzene rings is 1. The number of aromatic amines is 1. The summed E-state index contributed by atoms with van der Waals surface area (Å²) in [6.07, 6.45) is 6.06. The Morgan fingerprint density at radius 1 is 1.27 bits per heavy atom. The molecule has 30 heavy (non-hydrogen) atoms. The van der Waals surface area contributed by atoms with Gasteiger partial charge in [0.2, 0.25) is 0 Å². The average molecular weight is 413 g/mol. The number of anilines is 1. The summed E-state index contributed by atoms with van der Waals surface area (Å²) in [7, 11) is 0. The van der Waals surface area contributed by atoms with Crippen LogP contribution in [0.1, 0.15) is 49.8 Å². The fraction of sp³-hybridized carbons (Fsp3) is 0.522. The minimum Gasteiger partial charge on any atom is -0.352 e. The van der Waals surface area contributed by atoms with Gasteiger partial charge in [0, 0.05) is 37.2 Å². The fourth-order valence-electron chi connectivity index (χ4n) is 4.33. The number of hydrogen-bond acceptors (Lipinski definition) is 5. The van der Waals surface area contributed by atoms with Crippen LogP contribution in [0.2, 0.25) is 0 Å². The number of halogens is 1. The Labute approximate surface area is 175 Å². The SMILES string of the molecule is CC(=O)C1CCN(c2nc(CCCN[C@@H]3C[C@H]3c3ccc(F)cc3)c[nH]c2=O)CC1. The van der Waals surface area contributed by atoms with Gasteiger partial charge < -0.3 is 15.2 Å². The first kappa shape index (κ1) is 20.7. The van der Waals surface area contributed by atoms with Crippen molar-refractivity contribution in [3.05, 3.63) is 57.9 Å². The number of piperidine rings is 1. The van der Waals surface area contributed by atoms with E-state index in [2.05, 4.69) is 15.3 Å². The summed E-state index contributed by atoms with van der Waals surface area (Å²) in [5.74, 6) is 1.09. The Morgan fingerprint density at radius 3 is 2.70 bits per heavy atom. The molecule has 1 aliphatic heterocycles. The maximum atomic E-state index is 13.0. The number of aromatic nitrogens is 2. The van der Waals surface area contributed by atoms with Gasteiger partial charge in [-0.1, -0.05) is 12.1 Å². The number of hydrogen-bond donors (Lipinski definition) is 2. The smallest absolute Gasteiger partial charge is 0.290 e. The topological polar surface area (TPSA) is 78.1 Å². The van der Waals surface area contributed by atoms with E-state index in [1.54, 1.807) is 13.1 Å². The third-order valence-electron chi connectivity index (χ3n) is 6.30. The number of nitrogens with one attached hydrogen (secondary N) is 2. The van der Waals surface area contributed by atoms with Gasteiger partial charge in [-0.25, -0.2) is 9.37 Å². The lowest BCUT2D eigenvalue weighted by molar-refractivity contribution is -0.121. The molecule has 1 saturated carbocycles. The summed E-state index contributed by atoms with van der Waals surface area (Å²) >= 11 is 0. The molecule has 2 heterocycles. The summed E-state index contributed by atoms with van der Waals surface area (Å²) in [5.41, 5.74) is 1.90. The maximum Gasteiger partial charge on any atom is 0.290 e. The highest BCUT2D eigenvalue weighted by Gasteiger charge is 2.37. The number of Topliss-reactive ketones (excluding diaryl/α,β-unsaturated/α-hetero) is 1. The molecule has 0 bridgehead atoms. The summed E-state index contributed by atoms with van der Waals surface area (Å²) in [4.78, 5) is 33.2. The fourth-order valence-corrected chi connectivity index (χ4v) is 4.33. The second-order valence-electron chi connectivity index (χ2n) is 8.47. The second-order valence-corrected chi connectivity index (χ2v) is 8.47. The highest BCUT2D eigenvalue weighted by molar-refractivity contribution is 5.78. The molecule has 1 aromatic heterocycles. The molecule has 2 fully saturated rings. The van der Waals surface area contributed by atoms with Crippen molar-refractivity contribution >= 4 is 11.6 Å². The first-order valence-electron chi connectivity index (χ1n) is 10.8. The van der Waals surface area contributed by atoms with Crippen molar-refractivity contribution in [1.82, 2.24) is 15.3 Å². The highest BCUT2D eigenvalue weighted by atomic mass is 19.1. The number of H-pyrrole nitrogens is 1. The molecule has 6 nitrogen and oxygen atoms in total. The molecule has 0 spiro atoms. The average Bonchev–Trinajstić information content (AvgIpc) is 3.52. The van der Waals surface area contributed by atoms with E-state index in [0.717, 1.165) is 44.3 Å². The van der Waals surface area contributed by atoms with Crippen LogP contribution in [-0.4, -0.2) is 41.4 Å². The van der Waals surface area contributed by atoms with E-state index >= 15 is 0 Å². The van der Waals surface area contributed by atoms with E-state index in [1.807, 2.05) is 17.0 Å². The number of carbonyl (C=O) groups is 1. The van der Waals surface area contributed by atoms with Crippen molar-refractivity contribution in [2.45, 2.75) is 51.0 Å². The summed E-state index contributed by atoms with van der Waals surface area (Å²) < 4.78 is 13.0. The van der Waals surface area contributed by atoms with Gasteiger partial charge in [0.1, 0.15) is 11.6 Å². The third-order valence-corrected chi connectivity index (χ3v) is 6.30. The second kappa shape index (κ2) is 9.08. The zero-order chi connectivity index (χ0) is 21.1. The van der Waals surface area contributed by atoms with Gasteiger partial charge in [0.25, 0.3) is 5.56 Å². The van der Waals surface area contributed by atoms with E-state index in [0.29, 0.717) is 30.9 Å². The molecule has 1 aliphatic carbocycles. The molecule has 1 saturated heterocycles. The van der Waals surface area contributed by atoms with Gasteiger partial charge in [0.05, 0.1) is 5.69 Å². The van der Waals surface area contributed by atoms with Crippen LogP contribution >= 0.6 is 0 Å². The lowest BCUT2D eigenvalue weighted by Crippen LogP contribution is -2.39. The largest absolute Gasteiger partial charge is 0.352 e. The first-order valence-corrected chi connectivity index (χ1v) is 10.8. The van der Waals surface area contributed by atoms with Crippen LogP contribution in [-0.2, 0) is 11.2 Å². The van der Waals surface area contributed by atoms with Gasteiger partial charge >= 0.3 is 0 Å². The van der Waals surface area contributed by atoms with Crippen LogP contribution in [0.15, 0.2) is 35.3 Å². The van der Waals surface area contributed by atoms with Crippen LogP contribution in [0.3, 0.4) is 0 Å². The van der Waals surface area contributed by atoms with Gasteiger partial charge in [-0.3, -0.25) is 9.59 Å². The molecule has 0 radical (unpaired) electrons. The van der Waals surface area contributed by atoms with E-state index in [4.69, 9.17) is 0 Å². The van der Waals surface area contributed by atoms with Crippen LogP contribution in [0.5, 0.6) is 0 Å². The van der Waals surface area contributed by atoms with E-state index in [1.165, 1.54) is 17.7 Å². The number of ketones is 1. The van der Waals surface area contributed by atoms with Crippen LogP contribution in [0.25, 0.3) is 0 Å². The molecule has 2 aliphatic rings. The quantitative estimate of drug-likeness (QED) is 0.652. The summed E-state index contributed by atoms with van der Waals surface area (Å²) in [5, 5.41) is 3.56.